The summed E-state index contributed by atoms with van der Waals surface area (Å²) in [7, 11) is 0. The van der Waals surface area contributed by atoms with Crippen LogP contribution < -0.4 is 5.56 Å². The number of thioether (sulfide) groups is 1. The molecule has 146 valence electrons. The van der Waals surface area contributed by atoms with E-state index >= 15 is 0 Å². The van der Waals surface area contributed by atoms with Gasteiger partial charge >= 0.3 is 0 Å². The summed E-state index contributed by atoms with van der Waals surface area (Å²) in [6, 6.07) is 4.27. The summed E-state index contributed by atoms with van der Waals surface area (Å²) >= 11 is 3.21. The Morgan fingerprint density at radius 2 is 2.07 bits per heavy atom. The second kappa shape index (κ2) is 9.52. The molecule has 1 amide bonds. The minimum absolute atomic E-state index is 0.126. The molecule has 1 saturated heterocycles. The van der Waals surface area contributed by atoms with Crippen molar-refractivity contribution in [3.8, 4) is 0 Å². The molecule has 3 rings (SSSR count). The fourth-order valence-electron chi connectivity index (χ4n) is 3.31. The van der Waals surface area contributed by atoms with Crippen LogP contribution in [0.3, 0.4) is 0 Å². The van der Waals surface area contributed by atoms with Gasteiger partial charge in [-0.3, -0.25) is 14.5 Å². The first-order valence-corrected chi connectivity index (χ1v) is 11.3. The number of aryl methyl sites for hydroxylation is 1. The second-order valence-electron chi connectivity index (χ2n) is 6.69. The van der Waals surface area contributed by atoms with Gasteiger partial charge in [0.15, 0.2) is 5.16 Å². The van der Waals surface area contributed by atoms with E-state index in [4.69, 9.17) is 0 Å². The molecule has 27 heavy (non-hydrogen) atoms. The maximum absolute atomic E-state index is 12.5. The summed E-state index contributed by atoms with van der Waals surface area (Å²) in [4.78, 5) is 37.6. The van der Waals surface area contributed by atoms with Crippen LogP contribution in [0.4, 0.5) is 0 Å². The fraction of sp³-hybridized carbons (Fsp3) is 0.526. The Morgan fingerprint density at radius 1 is 1.30 bits per heavy atom. The third kappa shape index (κ3) is 5.43. The zero-order valence-electron chi connectivity index (χ0n) is 15.9. The lowest BCUT2D eigenvalue weighted by Crippen LogP contribution is -2.49. The molecule has 0 radical (unpaired) electrons. The predicted molar refractivity (Wildman–Crippen MR) is 111 cm³/mol. The topological polar surface area (TPSA) is 69.3 Å². The number of carbonyl (C=O) groups excluding carboxylic acids is 1. The van der Waals surface area contributed by atoms with E-state index in [2.05, 4.69) is 32.4 Å². The lowest BCUT2D eigenvalue weighted by Gasteiger charge is -2.34. The van der Waals surface area contributed by atoms with E-state index in [0.29, 0.717) is 29.3 Å². The number of aromatic amines is 1. The van der Waals surface area contributed by atoms with Gasteiger partial charge in [0.1, 0.15) is 0 Å². The van der Waals surface area contributed by atoms with Gasteiger partial charge in [-0.05, 0) is 37.5 Å². The summed E-state index contributed by atoms with van der Waals surface area (Å²) in [5.74, 6) is 0.126. The monoisotopic (exact) mass is 406 g/mol. The number of piperazine rings is 1. The number of hydrogen-bond acceptors (Lipinski definition) is 6. The molecule has 1 aliphatic heterocycles. The highest BCUT2D eigenvalue weighted by Gasteiger charge is 2.21. The molecular weight excluding hydrogens is 380 g/mol. The third-order valence-electron chi connectivity index (χ3n) is 4.96. The van der Waals surface area contributed by atoms with Gasteiger partial charge in [-0.25, -0.2) is 4.98 Å². The quantitative estimate of drug-likeness (QED) is 0.564. The molecule has 1 fully saturated rings. The Kier molecular flexibility index (Phi) is 7.09. The Balaban J connectivity index is 1.45. The summed E-state index contributed by atoms with van der Waals surface area (Å²) < 4.78 is 0. The lowest BCUT2D eigenvalue weighted by molar-refractivity contribution is -0.132. The van der Waals surface area contributed by atoms with E-state index in [1.54, 1.807) is 11.3 Å². The van der Waals surface area contributed by atoms with Crippen molar-refractivity contribution < 1.29 is 4.79 Å². The van der Waals surface area contributed by atoms with E-state index in [1.165, 1.54) is 16.6 Å². The molecule has 0 aromatic carbocycles. The summed E-state index contributed by atoms with van der Waals surface area (Å²) in [6.45, 7) is 6.25. The molecule has 0 aliphatic carbocycles. The second-order valence-corrected chi connectivity index (χ2v) is 8.52. The molecule has 1 N–H and O–H groups in total. The molecule has 2 aromatic heterocycles. The molecule has 1 aliphatic rings. The molecule has 0 saturated carbocycles. The maximum atomic E-state index is 12.5. The van der Waals surface area contributed by atoms with Gasteiger partial charge in [0.2, 0.25) is 5.91 Å². The van der Waals surface area contributed by atoms with Crippen molar-refractivity contribution in [3.05, 3.63) is 44.0 Å². The number of nitrogens with zero attached hydrogens (tertiary/aromatic N) is 3. The molecule has 0 atom stereocenters. The van der Waals surface area contributed by atoms with Gasteiger partial charge in [0.05, 0.1) is 0 Å². The first-order chi connectivity index (χ1) is 13.1. The van der Waals surface area contributed by atoms with Gasteiger partial charge in [-0.2, -0.15) is 0 Å². The highest BCUT2D eigenvalue weighted by atomic mass is 32.2. The highest BCUT2D eigenvalue weighted by Crippen LogP contribution is 2.13. The molecular formula is C19H26N4O2S2. The van der Waals surface area contributed by atoms with Crippen LogP contribution in [-0.4, -0.2) is 64.7 Å². The highest BCUT2D eigenvalue weighted by molar-refractivity contribution is 7.98. The van der Waals surface area contributed by atoms with Crippen molar-refractivity contribution in [1.29, 1.82) is 0 Å². The number of H-pyrrole nitrogens is 1. The van der Waals surface area contributed by atoms with Crippen LogP contribution in [0.15, 0.2) is 27.5 Å². The van der Waals surface area contributed by atoms with Crippen molar-refractivity contribution in [2.75, 3.05) is 39.0 Å². The molecule has 8 heteroatoms. The van der Waals surface area contributed by atoms with Crippen LogP contribution in [0.5, 0.6) is 0 Å². The van der Waals surface area contributed by atoms with E-state index in [-0.39, 0.29) is 11.5 Å². The Hall–Kier alpha value is -1.64. The van der Waals surface area contributed by atoms with Gasteiger partial charge in [-0.15, -0.1) is 11.3 Å². The van der Waals surface area contributed by atoms with Crippen LogP contribution >= 0.6 is 23.1 Å². The lowest BCUT2D eigenvalue weighted by atomic mass is 10.1. The summed E-state index contributed by atoms with van der Waals surface area (Å²) in [5.41, 5.74) is 1.21. The molecule has 2 aromatic rings. The average Bonchev–Trinajstić information content (AvgIpc) is 3.19. The minimum Gasteiger partial charge on any atom is -0.340 e. The average molecular weight is 407 g/mol. The zero-order chi connectivity index (χ0) is 19.2. The third-order valence-corrected chi connectivity index (χ3v) is 6.48. The normalized spacial score (nSPS) is 15.3. The van der Waals surface area contributed by atoms with Gasteiger partial charge < -0.3 is 9.88 Å². The number of aromatic nitrogens is 2. The van der Waals surface area contributed by atoms with Crippen LogP contribution in [0.25, 0.3) is 0 Å². The maximum Gasteiger partial charge on any atom is 0.254 e. The number of thiophene rings is 1. The van der Waals surface area contributed by atoms with Gasteiger partial charge in [-0.1, -0.05) is 17.8 Å². The van der Waals surface area contributed by atoms with Crippen molar-refractivity contribution in [2.24, 2.45) is 0 Å². The van der Waals surface area contributed by atoms with Crippen molar-refractivity contribution in [3.63, 3.8) is 0 Å². The van der Waals surface area contributed by atoms with Crippen LogP contribution in [-0.2, 0) is 17.6 Å². The predicted octanol–water partition coefficient (Wildman–Crippen LogP) is 2.18. The number of carbonyl (C=O) groups is 1. The largest absolute Gasteiger partial charge is 0.340 e. The number of hydrogen-bond donors (Lipinski definition) is 1. The zero-order valence-corrected chi connectivity index (χ0v) is 17.5. The number of amides is 1. The number of rotatable bonds is 7. The van der Waals surface area contributed by atoms with E-state index in [0.717, 1.165) is 39.1 Å². The molecule has 0 unspecified atom stereocenters. The standard InChI is InChI=1S/C19H26N4O2S2/c1-14-16(18(25)21-19(20-14)26-2)5-6-17(24)23-11-9-22(10-12-23)8-7-15-4-3-13-27-15/h3-4,13H,5-12H2,1-2H3,(H,20,21,25). The van der Waals surface area contributed by atoms with Crippen LogP contribution in [0.1, 0.15) is 22.6 Å². The Morgan fingerprint density at radius 3 is 2.70 bits per heavy atom. The summed E-state index contributed by atoms with van der Waals surface area (Å²) in [6.07, 6.45) is 3.76. The summed E-state index contributed by atoms with van der Waals surface area (Å²) in [5, 5.41) is 2.73. The van der Waals surface area contributed by atoms with Crippen molar-refractivity contribution in [1.82, 2.24) is 19.8 Å². The first-order valence-electron chi connectivity index (χ1n) is 9.23. The Labute approximate surface area is 168 Å². The molecule has 0 bridgehead atoms. The molecule has 0 spiro atoms. The Bertz CT molecular complexity index is 812. The van der Waals surface area contributed by atoms with Gasteiger partial charge in [0, 0.05) is 55.3 Å². The van der Waals surface area contributed by atoms with E-state index in [1.807, 2.05) is 18.1 Å². The SMILES string of the molecule is CSc1nc(C)c(CCC(=O)N2CCN(CCc3cccs3)CC2)c(=O)[nH]1. The molecule has 3 heterocycles. The smallest absolute Gasteiger partial charge is 0.254 e. The minimum atomic E-state index is -0.127. The molecule has 6 nitrogen and oxygen atoms in total. The van der Waals surface area contributed by atoms with Gasteiger partial charge in [0.25, 0.3) is 5.56 Å². The van der Waals surface area contributed by atoms with E-state index in [9.17, 15) is 9.59 Å². The van der Waals surface area contributed by atoms with Crippen molar-refractivity contribution in [2.45, 2.75) is 31.3 Å². The van der Waals surface area contributed by atoms with Crippen molar-refractivity contribution >= 4 is 29.0 Å². The van der Waals surface area contributed by atoms with E-state index < -0.39 is 0 Å². The van der Waals surface area contributed by atoms with Crippen LogP contribution in [0, 0.1) is 6.92 Å². The number of nitrogens with one attached hydrogen (secondary N) is 1. The van der Waals surface area contributed by atoms with Crippen LogP contribution in [0.2, 0.25) is 0 Å². The fourth-order valence-corrected chi connectivity index (χ4v) is 4.43. The first kappa shape index (κ1) is 20.1.